The third-order valence-corrected chi connectivity index (χ3v) is 5.73. The number of amides is 4. The van der Waals surface area contributed by atoms with Crippen molar-refractivity contribution in [1.82, 2.24) is 10.2 Å². The molecule has 0 bridgehead atoms. The van der Waals surface area contributed by atoms with E-state index in [1.807, 2.05) is 11.8 Å². The Morgan fingerprint density at radius 1 is 1.16 bits per heavy atom. The van der Waals surface area contributed by atoms with Crippen LogP contribution in [0.25, 0.3) is 0 Å². The molecule has 6 heteroatoms. The number of barbiturate groups is 1. The Bertz CT molecular complexity index is 439. The van der Waals surface area contributed by atoms with Crippen LogP contribution in [0.4, 0.5) is 4.79 Å². The monoisotopic (exact) mass is 282 g/mol. The molecule has 3 fully saturated rings. The number of imide groups is 2. The molecule has 1 saturated heterocycles. The van der Waals surface area contributed by atoms with Gasteiger partial charge in [-0.05, 0) is 44.8 Å². The minimum absolute atomic E-state index is 0.0264. The minimum Gasteiger partial charge on any atom is -0.277 e. The normalized spacial score (nSPS) is 33.5. The zero-order chi connectivity index (χ0) is 13.6. The zero-order valence-corrected chi connectivity index (χ0v) is 11.8. The molecule has 0 radical (unpaired) electrons. The number of nitrogens with one attached hydrogen (secondary N) is 1. The second kappa shape index (κ2) is 4.51. The van der Waals surface area contributed by atoms with E-state index in [9.17, 15) is 14.4 Å². The van der Waals surface area contributed by atoms with Gasteiger partial charge in [0.1, 0.15) is 5.41 Å². The average molecular weight is 282 g/mol. The van der Waals surface area contributed by atoms with E-state index in [1.165, 1.54) is 4.90 Å². The summed E-state index contributed by atoms with van der Waals surface area (Å²) in [4.78, 5) is 37.5. The molecule has 1 spiro atoms. The Morgan fingerprint density at radius 2 is 1.79 bits per heavy atom. The molecule has 1 heterocycles. The maximum atomic E-state index is 12.4. The molecule has 104 valence electrons. The van der Waals surface area contributed by atoms with E-state index >= 15 is 0 Å². The summed E-state index contributed by atoms with van der Waals surface area (Å²) in [5, 5.41) is 2.99. The van der Waals surface area contributed by atoms with Crippen molar-refractivity contribution in [3.63, 3.8) is 0 Å². The van der Waals surface area contributed by atoms with Crippen LogP contribution in [0.3, 0.4) is 0 Å². The molecule has 0 aromatic rings. The summed E-state index contributed by atoms with van der Waals surface area (Å²) in [5.41, 5.74) is -0.899. The van der Waals surface area contributed by atoms with E-state index in [0.717, 1.165) is 25.7 Å². The third-order valence-electron chi connectivity index (χ3n) is 4.59. The largest absolute Gasteiger partial charge is 0.331 e. The zero-order valence-electron chi connectivity index (χ0n) is 11.0. The van der Waals surface area contributed by atoms with Gasteiger partial charge in [-0.3, -0.25) is 19.8 Å². The molecule has 5 nitrogen and oxygen atoms in total. The van der Waals surface area contributed by atoms with Gasteiger partial charge in [-0.2, -0.15) is 11.8 Å². The molecule has 19 heavy (non-hydrogen) atoms. The van der Waals surface area contributed by atoms with Crippen LogP contribution in [0, 0.1) is 5.41 Å². The molecule has 0 aromatic heterocycles. The predicted molar refractivity (Wildman–Crippen MR) is 71.6 cm³/mol. The quantitative estimate of drug-likeness (QED) is 0.780. The van der Waals surface area contributed by atoms with Crippen LogP contribution in [-0.2, 0) is 9.59 Å². The third kappa shape index (κ3) is 1.96. The predicted octanol–water partition coefficient (Wildman–Crippen LogP) is 1.52. The van der Waals surface area contributed by atoms with Crippen LogP contribution >= 0.6 is 11.8 Å². The van der Waals surface area contributed by atoms with Gasteiger partial charge in [0.25, 0.3) is 0 Å². The summed E-state index contributed by atoms with van der Waals surface area (Å²) in [5.74, 6) is -0.648. The Balaban J connectivity index is 1.75. The van der Waals surface area contributed by atoms with E-state index in [4.69, 9.17) is 0 Å². The number of thioether (sulfide) groups is 1. The number of nitrogens with zero attached hydrogens (tertiary/aromatic N) is 1. The summed E-state index contributed by atoms with van der Waals surface area (Å²) in [6, 6.07) is -0.540. The highest BCUT2D eigenvalue weighted by atomic mass is 32.2. The van der Waals surface area contributed by atoms with Crippen LogP contribution in [0.1, 0.15) is 38.5 Å². The molecule has 0 atom stereocenters. The lowest BCUT2D eigenvalue weighted by Crippen LogP contribution is -2.62. The number of hydrogen-bond acceptors (Lipinski definition) is 4. The average Bonchev–Trinajstić information content (AvgIpc) is 3.19. The Kier molecular flexibility index (Phi) is 3.08. The molecular weight excluding hydrogens is 264 g/mol. The summed E-state index contributed by atoms with van der Waals surface area (Å²) >= 11 is 1.85. The van der Waals surface area contributed by atoms with Crippen LogP contribution < -0.4 is 5.32 Å². The van der Waals surface area contributed by atoms with Crippen molar-refractivity contribution >= 4 is 29.6 Å². The molecule has 0 aromatic carbocycles. The first-order valence-corrected chi connectivity index (χ1v) is 8.09. The van der Waals surface area contributed by atoms with Gasteiger partial charge in [-0.1, -0.05) is 0 Å². The van der Waals surface area contributed by atoms with Gasteiger partial charge >= 0.3 is 6.03 Å². The van der Waals surface area contributed by atoms with Crippen molar-refractivity contribution in [3.05, 3.63) is 0 Å². The van der Waals surface area contributed by atoms with E-state index in [0.29, 0.717) is 18.1 Å². The summed E-state index contributed by atoms with van der Waals surface area (Å²) in [6.07, 6.45) is 7.04. The fourth-order valence-electron chi connectivity index (χ4n) is 3.13. The van der Waals surface area contributed by atoms with Gasteiger partial charge in [-0.25, -0.2) is 4.79 Å². The maximum Gasteiger partial charge on any atom is 0.331 e. The number of rotatable bonds is 2. The van der Waals surface area contributed by atoms with Crippen molar-refractivity contribution in [2.75, 3.05) is 6.26 Å². The fourth-order valence-corrected chi connectivity index (χ4v) is 3.88. The first-order chi connectivity index (χ1) is 9.08. The molecule has 2 saturated carbocycles. The minimum atomic E-state index is -0.899. The summed E-state index contributed by atoms with van der Waals surface area (Å²) in [6.45, 7) is 0. The maximum absolute atomic E-state index is 12.4. The van der Waals surface area contributed by atoms with Crippen molar-refractivity contribution in [2.24, 2.45) is 5.41 Å². The lowest BCUT2D eigenvalue weighted by molar-refractivity contribution is -0.146. The lowest BCUT2D eigenvalue weighted by atomic mass is 9.91. The topological polar surface area (TPSA) is 66.5 Å². The Labute approximate surface area is 116 Å². The van der Waals surface area contributed by atoms with Crippen LogP contribution in [0.15, 0.2) is 0 Å². The van der Waals surface area contributed by atoms with Crippen molar-refractivity contribution in [3.8, 4) is 0 Å². The van der Waals surface area contributed by atoms with Crippen LogP contribution in [-0.4, -0.2) is 40.3 Å². The SMILES string of the molecule is CSC1CCC(N2C(=O)NC(=O)C3(CC3)C2=O)CC1. The first kappa shape index (κ1) is 13.0. The second-order valence-corrected chi connectivity index (χ2v) is 6.82. The van der Waals surface area contributed by atoms with E-state index in [1.54, 1.807) is 0 Å². The Hall–Kier alpha value is -1.04. The second-order valence-electron chi connectivity index (χ2n) is 5.68. The summed E-state index contributed by atoms with van der Waals surface area (Å²) < 4.78 is 0. The van der Waals surface area contributed by atoms with Crippen molar-refractivity contribution < 1.29 is 14.4 Å². The van der Waals surface area contributed by atoms with Crippen LogP contribution in [0.2, 0.25) is 0 Å². The van der Waals surface area contributed by atoms with E-state index in [2.05, 4.69) is 11.6 Å². The number of carbonyl (C=O) groups is 3. The van der Waals surface area contributed by atoms with E-state index in [-0.39, 0.29) is 11.9 Å². The molecule has 3 aliphatic rings. The van der Waals surface area contributed by atoms with E-state index < -0.39 is 17.4 Å². The van der Waals surface area contributed by atoms with Gasteiger partial charge in [0.05, 0.1) is 0 Å². The molecule has 4 amide bonds. The molecule has 1 aliphatic heterocycles. The van der Waals surface area contributed by atoms with Gasteiger partial charge < -0.3 is 0 Å². The highest BCUT2D eigenvalue weighted by Crippen LogP contribution is 2.50. The highest BCUT2D eigenvalue weighted by molar-refractivity contribution is 7.99. The molecule has 3 rings (SSSR count). The van der Waals surface area contributed by atoms with Crippen molar-refractivity contribution in [2.45, 2.75) is 49.8 Å². The smallest absolute Gasteiger partial charge is 0.277 e. The Morgan fingerprint density at radius 3 is 2.32 bits per heavy atom. The van der Waals surface area contributed by atoms with Gasteiger partial charge in [0.15, 0.2) is 0 Å². The van der Waals surface area contributed by atoms with Crippen LogP contribution in [0.5, 0.6) is 0 Å². The molecule has 0 unspecified atom stereocenters. The number of carbonyl (C=O) groups excluding carboxylic acids is 3. The van der Waals surface area contributed by atoms with Gasteiger partial charge in [-0.15, -0.1) is 0 Å². The first-order valence-electron chi connectivity index (χ1n) is 6.80. The molecule has 2 aliphatic carbocycles. The highest BCUT2D eigenvalue weighted by Gasteiger charge is 2.63. The number of hydrogen-bond donors (Lipinski definition) is 1. The summed E-state index contributed by atoms with van der Waals surface area (Å²) in [7, 11) is 0. The lowest BCUT2D eigenvalue weighted by Gasteiger charge is -2.39. The van der Waals surface area contributed by atoms with Crippen molar-refractivity contribution in [1.29, 1.82) is 0 Å². The van der Waals surface area contributed by atoms with Gasteiger partial charge in [0.2, 0.25) is 11.8 Å². The molecular formula is C13H18N2O3S. The van der Waals surface area contributed by atoms with Gasteiger partial charge in [0, 0.05) is 11.3 Å². The number of urea groups is 1. The fraction of sp³-hybridized carbons (Fsp3) is 0.769. The standard InChI is InChI=1S/C13H18N2O3S/c1-19-9-4-2-8(3-5-9)15-11(17)13(6-7-13)10(16)14-12(15)18/h8-9H,2-7H2,1H3,(H,14,16,18). The molecule has 1 N–H and O–H groups in total.